The molecule has 0 amide bonds. The van der Waals surface area contributed by atoms with Crippen molar-refractivity contribution in [3.63, 3.8) is 0 Å². The van der Waals surface area contributed by atoms with E-state index in [0.29, 0.717) is 33.2 Å². The van der Waals surface area contributed by atoms with Crippen LogP contribution in [0.25, 0.3) is 0 Å². The molecule has 0 aliphatic rings. The van der Waals surface area contributed by atoms with Gasteiger partial charge in [0.2, 0.25) is 11.2 Å². The van der Waals surface area contributed by atoms with Crippen LogP contribution in [0, 0.1) is 46.6 Å². The van der Waals surface area contributed by atoms with Crippen LogP contribution in [0.3, 0.4) is 0 Å². The number of halogens is 2. The van der Waals surface area contributed by atoms with Crippen molar-refractivity contribution in [1.82, 2.24) is 0 Å². The Bertz CT molecular complexity index is 848. The van der Waals surface area contributed by atoms with E-state index in [1.54, 1.807) is 0 Å². The zero-order valence-electron chi connectivity index (χ0n) is 24.5. The summed E-state index contributed by atoms with van der Waals surface area (Å²) in [4.78, 5) is 0. The zero-order valence-corrected chi connectivity index (χ0v) is 28.0. The van der Waals surface area contributed by atoms with E-state index in [1.165, 1.54) is 0 Å². The molecular formula is C30H48Cl2O2Si2. The molecule has 0 bridgehead atoms. The second-order valence-corrected chi connectivity index (χ2v) is 23.3. The van der Waals surface area contributed by atoms with Gasteiger partial charge < -0.3 is 10.2 Å². The molecule has 0 aromatic carbocycles. The van der Waals surface area contributed by atoms with Crippen molar-refractivity contribution in [2.45, 2.75) is 128 Å². The molecule has 36 heavy (non-hydrogen) atoms. The Morgan fingerprint density at radius 1 is 0.500 bits per heavy atom. The number of rotatable bonds is 7. The third kappa shape index (κ3) is 7.39. The predicted octanol–water partition coefficient (Wildman–Crippen LogP) is 7.38. The summed E-state index contributed by atoms with van der Waals surface area (Å²) in [5, 5.41) is 23.9. The first kappa shape index (κ1) is 35.2. The Morgan fingerprint density at radius 2 is 0.722 bits per heavy atom. The van der Waals surface area contributed by atoms with Gasteiger partial charge in [0.25, 0.3) is 0 Å². The minimum absolute atomic E-state index is 0.0137. The predicted molar refractivity (Wildman–Crippen MR) is 165 cm³/mol. The summed E-state index contributed by atoms with van der Waals surface area (Å²) in [6.07, 6.45) is 0. The largest absolute Gasteiger partial charge is 0.363 e. The first-order chi connectivity index (χ1) is 16.4. The van der Waals surface area contributed by atoms with Crippen LogP contribution in [0.2, 0.25) is 33.2 Å². The van der Waals surface area contributed by atoms with Gasteiger partial charge >= 0.3 is 0 Å². The average Bonchev–Trinajstić information content (AvgIpc) is 2.75. The maximum atomic E-state index is 11.9. The fourth-order valence-corrected chi connectivity index (χ4v) is 16.7. The Hall–Kier alpha value is -0.826. The van der Waals surface area contributed by atoms with Crippen molar-refractivity contribution in [2.24, 2.45) is 0 Å². The molecule has 6 heteroatoms. The van der Waals surface area contributed by atoms with Gasteiger partial charge in [-0.3, -0.25) is 0 Å². The number of hydrogen-bond acceptors (Lipinski definition) is 2. The molecule has 0 saturated heterocycles. The quantitative estimate of drug-likeness (QED) is 0.192. The van der Waals surface area contributed by atoms with Crippen molar-refractivity contribution in [1.29, 1.82) is 0 Å². The molecule has 0 spiro atoms. The average molecular weight is 568 g/mol. The van der Waals surface area contributed by atoms with Gasteiger partial charge in [0, 0.05) is 0 Å². The highest BCUT2D eigenvalue weighted by Gasteiger charge is 2.49. The van der Waals surface area contributed by atoms with Crippen LogP contribution in [0.1, 0.15) is 83.1 Å². The highest BCUT2D eigenvalue weighted by molar-refractivity contribution is 6.91. The van der Waals surface area contributed by atoms with E-state index in [0.717, 1.165) is 0 Å². The van der Waals surface area contributed by atoms with Crippen molar-refractivity contribution in [2.75, 3.05) is 11.8 Å². The molecule has 0 heterocycles. The first-order valence-electron chi connectivity index (χ1n) is 13.1. The Kier molecular flexibility index (Phi) is 14.0. The fraction of sp³-hybridized carbons (Fsp3) is 0.733. The minimum Gasteiger partial charge on any atom is -0.363 e. The third-order valence-corrected chi connectivity index (χ3v) is 20.7. The van der Waals surface area contributed by atoms with Crippen LogP contribution >= 0.6 is 23.2 Å². The molecule has 0 fully saturated rings. The molecule has 0 radical (unpaired) electrons. The van der Waals surface area contributed by atoms with Crippen LogP contribution in [0.15, 0.2) is 0 Å². The highest BCUT2D eigenvalue weighted by atomic mass is 35.5. The van der Waals surface area contributed by atoms with Gasteiger partial charge in [0.15, 0.2) is 0 Å². The summed E-state index contributed by atoms with van der Waals surface area (Å²) in [6.45, 7) is 26.3. The molecule has 2 N–H and O–H groups in total. The van der Waals surface area contributed by atoms with E-state index in [4.69, 9.17) is 23.2 Å². The molecular weight excluding hydrogens is 519 g/mol. The molecule has 0 rings (SSSR count). The van der Waals surface area contributed by atoms with Crippen molar-refractivity contribution in [3.05, 3.63) is 0 Å². The van der Waals surface area contributed by atoms with Gasteiger partial charge in [-0.2, -0.15) is 0 Å². The second kappa shape index (κ2) is 14.4. The summed E-state index contributed by atoms with van der Waals surface area (Å²) < 4.78 is 0. The maximum Gasteiger partial charge on any atom is 0.240 e. The van der Waals surface area contributed by atoms with Crippen LogP contribution in [-0.2, 0) is 0 Å². The van der Waals surface area contributed by atoms with Gasteiger partial charge in [-0.1, -0.05) is 107 Å². The molecule has 2 atom stereocenters. The zero-order chi connectivity index (χ0) is 28.5. The lowest BCUT2D eigenvalue weighted by atomic mass is 9.84. The van der Waals surface area contributed by atoms with Gasteiger partial charge in [-0.05, 0) is 45.1 Å². The maximum absolute atomic E-state index is 11.9. The first-order valence-corrected chi connectivity index (χ1v) is 18.6. The Labute approximate surface area is 234 Å². The van der Waals surface area contributed by atoms with E-state index in [2.05, 4.69) is 130 Å². The smallest absolute Gasteiger partial charge is 0.240 e. The summed E-state index contributed by atoms with van der Waals surface area (Å²) in [5.74, 6) is 17.0. The van der Waals surface area contributed by atoms with E-state index in [-0.39, 0.29) is 11.8 Å². The number of hydrogen-bond donors (Lipinski definition) is 2. The van der Waals surface area contributed by atoms with Crippen molar-refractivity contribution < 1.29 is 10.2 Å². The van der Waals surface area contributed by atoms with Gasteiger partial charge in [-0.25, -0.2) is 0 Å². The number of aliphatic hydroxyl groups is 2. The van der Waals surface area contributed by atoms with Crippen molar-refractivity contribution >= 4 is 39.3 Å². The second-order valence-electron chi connectivity index (χ2n) is 11.6. The summed E-state index contributed by atoms with van der Waals surface area (Å²) in [5.41, 5.74) is 4.65. The summed E-state index contributed by atoms with van der Waals surface area (Å²) in [6, 6.07) is 0. The molecule has 0 aliphatic carbocycles. The molecule has 0 saturated carbocycles. The lowest BCUT2D eigenvalue weighted by molar-refractivity contribution is -0.00307. The summed E-state index contributed by atoms with van der Waals surface area (Å²) >= 11 is 11.8. The Morgan fingerprint density at radius 3 is 0.889 bits per heavy atom. The molecule has 202 valence electrons. The molecule has 0 aromatic rings. The minimum atomic E-state index is -2.25. The fourth-order valence-electron chi connectivity index (χ4n) is 6.01. The van der Waals surface area contributed by atoms with Gasteiger partial charge in [0.05, 0.1) is 11.8 Å². The molecule has 0 aromatic heterocycles. The van der Waals surface area contributed by atoms with E-state index in [1.807, 2.05) is 0 Å². The lowest BCUT2D eigenvalue weighted by Crippen LogP contribution is -2.53. The van der Waals surface area contributed by atoms with E-state index in [9.17, 15) is 10.2 Å². The van der Waals surface area contributed by atoms with Gasteiger partial charge in [0.1, 0.15) is 16.1 Å². The normalized spacial score (nSPS) is 15.4. The molecule has 0 aliphatic heterocycles. The third-order valence-electron chi connectivity index (χ3n) is 7.85. The van der Waals surface area contributed by atoms with Crippen LogP contribution in [0.5, 0.6) is 0 Å². The van der Waals surface area contributed by atoms with Gasteiger partial charge in [-0.15, -0.1) is 34.3 Å². The lowest BCUT2D eigenvalue weighted by Gasteiger charge is -2.39. The topological polar surface area (TPSA) is 40.5 Å². The molecule has 2 nitrogen and oxygen atoms in total. The van der Waals surface area contributed by atoms with E-state index < -0.39 is 27.3 Å². The highest BCUT2D eigenvalue weighted by Crippen LogP contribution is 2.42. The monoisotopic (exact) mass is 566 g/mol. The van der Waals surface area contributed by atoms with Crippen LogP contribution < -0.4 is 0 Å². The number of alkyl halides is 2. The molecule has 0 unspecified atom stereocenters. The summed E-state index contributed by atoms with van der Waals surface area (Å²) in [7, 11) is -4.49. The SMILES string of the molecule is CC(C)[Si](C#C[C@@](O)(C#CCCl)[C@](O)(C#CCCl)C#C[Si](C(C)C)(C(C)C)C(C)C)(C(C)C)C(C)C. The Balaban J connectivity index is 7.59. The van der Waals surface area contributed by atoms with Crippen LogP contribution in [0.4, 0.5) is 0 Å². The van der Waals surface area contributed by atoms with Crippen molar-refractivity contribution in [3.8, 4) is 46.6 Å². The standard InChI is InChI=1S/C30H48Cl2O2Si2/c1-23(2)35(24(3)4,25(5)6)21-17-29(33,15-13-19-31)30(34,16-14-20-32)18-22-36(26(7)8,27(9)10)28(11)12/h23-28,33-34H,19-20H2,1-12H3/t29-,30-/m0/s1. The van der Waals surface area contributed by atoms with E-state index >= 15 is 0 Å². The van der Waals surface area contributed by atoms with Crippen LogP contribution in [-0.4, -0.2) is 49.3 Å².